The zero-order valence-electron chi connectivity index (χ0n) is 12.1. The maximum absolute atomic E-state index is 13.7. The SMILES string of the molecule is O=C(CN1C(=O)C(=Cc2ccccc2F)SC1=S)Nc1nccs1. The van der Waals surface area contributed by atoms with E-state index >= 15 is 0 Å². The van der Waals surface area contributed by atoms with E-state index in [2.05, 4.69) is 10.3 Å². The molecule has 0 unspecified atom stereocenters. The van der Waals surface area contributed by atoms with Gasteiger partial charge in [0.25, 0.3) is 5.91 Å². The van der Waals surface area contributed by atoms with E-state index in [4.69, 9.17) is 12.2 Å². The summed E-state index contributed by atoms with van der Waals surface area (Å²) in [4.78, 5) is 29.8. The first-order chi connectivity index (χ1) is 11.5. The van der Waals surface area contributed by atoms with Crippen molar-refractivity contribution >= 4 is 62.7 Å². The van der Waals surface area contributed by atoms with Crippen molar-refractivity contribution in [3.8, 4) is 0 Å². The number of aromatic nitrogens is 1. The van der Waals surface area contributed by atoms with Crippen molar-refractivity contribution < 1.29 is 14.0 Å². The highest BCUT2D eigenvalue weighted by atomic mass is 32.2. The second-order valence-electron chi connectivity index (χ2n) is 4.67. The van der Waals surface area contributed by atoms with E-state index in [1.165, 1.54) is 28.4 Å². The Kier molecular flexibility index (Phi) is 5.03. The molecule has 1 aromatic heterocycles. The molecule has 122 valence electrons. The third-order valence-electron chi connectivity index (χ3n) is 3.05. The van der Waals surface area contributed by atoms with Crippen LogP contribution in [-0.2, 0) is 9.59 Å². The molecule has 1 saturated heterocycles. The molecule has 2 aromatic rings. The monoisotopic (exact) mass is 379 g/mol. The molecule has 1 aliphatic rings. The Labute approximate surface area is 150 Å². The summed E-state index contributed by atoms with van der Waals surface area (Å²) >= 11 is 7.47. The lowest BCUT2D eigenvalue weighted by Crippen LogP contribution is -2.36. The molecule has 3 rings (SSSR count). The Balaban J connectivity index is 1.72. The standard InChI is InChI=1S/C15H10FN3O2S3/c16-10-4-2-1-3-9(10)7-11-13(21)19(15(22)24-11)8-12(20)18-14-17-5-6-23-14/h1-7H,8H2,(H,17,18,20). The smallest absolute Gasteiger partial charge is 0.266 e. The van der Waals surface area contributed by atoms with Crippen LogP contribution < -0.4 is 5.32 Å². The molecule has 1 aliphatic heterocycles. The minimum Gasteiger partial charge on any atom is -0.300 e. The summed E-state index contributed by atoms with van der Waals surface area (Å²) in [7, 11) is 0. The zero-order chi connectivity index (χ0) is 17.1. The lowest BCUT2D eigenvalue weighted by molar-refractivity contribution is -0.126. The lowest BCUT2D eigenvalue weighted by Gasteiger charge is -2.13. The number of carbonyl (C=O) groups is 2. The number of nitrogens with one attached hydrogen (secondary N) is 1. The van der Waals surface area contributed by atoms with Crippen LogP contribution in [0.3, 0.4) is 0 Å². The molecule has 0 saturated carbocycles. The Morgan fingerprint density at radius 3 is 2.92 bits per heavy atom. The minimum absolute atomic E-state index is 0.209. The van der Waals surface area contributed by atoms with Gasteiger partial charge in [0, 0.05) is 17.1 Å². The summed E-state index contributed by atoms with van der Waals surface area (Å²) in [5.41, 5.74) is 0.297. The summed E-state index contributed by atoms with van der Waals surface area (Å²) < 4.78 is 14.0. The number of thiazole rings is 1. The van der Waals surface area contributed by atoms with Gasteiger partial charge in [-0.3, -0.25) is 14.5 Å². The molecular formula is C15H10FN3O2S3. The maximum atomic E-state index is 13.7. The molecule has 9 heteroatoms. The largest absolute Gasteiger partial charge is 0.300 e. The Morgan fingerprint density at radius 2 is 2.21 bits per heavy atom. The molecule has 1 N–H and O–H groups in total. The molecule has 0 spiro atoms. The number of amides is 2. The van der Waals surface area contributed by atoms with Crippen LogP contribution in [0, 0.1) is 5.82 Å². The summed E-state index contributed by atoms with van der Waals surface area (Å²) in [5.74, 6) is -1.24. The van der Waals surface area contributed by atoms with Gasteiger partial charge in [-0.2, -0.15) is 0 Å². The van der Waals surface area contributed by atoms with E-state index in [0.717, 1.165) is 11.8 Å². The first kappa shape index (κ1) is 16.7. The van der Waals surface area contributed by atoms with Gasteiger partial charge in [-0.1, -0.05) is 42.2 Å². The van der Waals surface area contributed by atoms with Crippen LogP contribution in [0.5, 0.6) is 0 Å². The van der Waals surface area contributed by atoms with Crippen LogP contribution >= 0.6 is 35.3 Å². The second-order valence-corrected chi connectivity index (χ2v) is 7.25. The van der Waals surface area contributed by atoms with Crippen LogP contribution in [0.15, 0.2) is 40.7 Å². The van der Waals surface area contributed by atoms with E-state index in [-0.39, 0.29) is 15.8 Å². The Morgan fingerprint density at radius 1 is 1.42 bits per heavy atom. The average Bonchev–Trinajstić information content (AvgIpc) is 3.14. The van der Waals surface area contributed by atoms with Gasteiger partial charge in [-0.25, -0.2) is 9.37 Å². The molecular weight excluding hydrogens is 369 g/mol. The van der Waals surface area contributed by atoms with Crippen LogP contribution in [0.4, 0.5) is 9.52 Å². The van der Waals surface area contributed by atoms with Crippen molar-refractivity contribution in [2.75, 3.05) is 11.9 Å². The number of carbonyl (C=O) groups excluding carboxylic acids is 2. The van der Waals surface area contributed by atoms with E-state index < -0.39 is 17.6 Å². The fourth-order valence-corrected chi connectivity index (χ4v) is 3.75. The van der Waals surface area contributed by atoms with E-state index in [1.54, 1.807) is 29.8 Å². The fraction of sp³-hybridized carbons (Fsp3) is 0.0667. The predicted molar refractivity (Wildman–Crippen MR) is 97.0 cm³/mol. The van der Waals surface area contributed by atoms with Gasteiger partial charge >= 0.3 is 0 Å². The number of hydrogen-bond donors (Lipinski definition) is 1. The normalized spacial score (nSPS) is 16.0. The van der Waals surface area contributed by atoms with Gasteiger partial charge in [0.05, 0.1) is 4.91 Å². The molecule has 2 amide bonds. The number of halogens is 1. The number of hydrogen-bond acceptors (Lipinski definition) is 6. The Bertz CT molecular complexity index is 836. The minimum atomic E-state index is -0.427. The van der Waals surface area contributed by atoms with Gasteiger partial charge < -0.3 is 5.32 Å². The van der Waals surface area contributed by atoms with Crippen LogP contribution in [0.2, 0.25) is 0 Å². The molecule has 5 nitrogen and oxygen atoms in total. The van der Waals surface area contributed by atoms with E-state index in [0.29, 0.717) is 10.7 Å². The van der Waals surface area contributed by atoms with Gasteiger partial charge in [-0.05, 0) is 12.1 Å². The van der Waals surface area contributed by atoms with Gasteiger partial charge in [-0.15, -0.1) is 11.3 Å². The molecule has 0 atom stereocenters. The molecule has 0 aliphatic carbocycles. The maximum Gasteiger partial charge on any atom is 0.266 e. The van der Waals surface area contributed by atoms with Crippen molar-refractivity contribution in [2.45, 2.75) is 0 Å². The molecule has 24 heavy (non-hydrogen) atoms. The Hall–Kier alpha value is -2.10. The first-order valence-electron chi connectivity index (χ1n) is 6.74. The number of thioether (sulfide) groups is 1. The summed E-state index contributed by atoms with van der Waals surface area (Å²) in [6.45, 7) is -0.209. The number of nitrogens with zero attached hydrogens (tertiary/aromatic N) is 2. The number of rotatable bonds is 4. The van der Waals surface area contributed by atoms with Crippen molar-refractivity contribution in [3.05, 3.63) is 52.1 Å². The number of thiocarbonyl (C=S) groups is 1. The van der Waals surface area contributed by atoms with Crippen molar-refractivity contribution in [3.63, 3.8) is 0 Å². The molecule has 1 aromatic carbocycles. The summed E-state index contributed by atoms with van der Waals surface area (Å²) in [6, 6.07) is 6.13. The molecule has 2 heterocycles. The molecule has 0 radical (unpaired) electrons. The molecule has 0 bridgehead atoms. The zero-order valence-corrected chi connectivity index (χ0v) is 14.5. The number of anilines is 1. The highest BCUT2D eigenvalue weighted by molar-refractivity contribution is 8.26. The van der Waals surface area contributed by atoms with Gasteiger partial charge in [0.2, 0.25) is 5.91 Å². The first-order valence-corrected chi connectivity index (χ1v) is 8.84. The highest BCUT2D eigenvalue weighted by Gasteiger charge is 2.33. The predicted octanol–water partition coefficient (Wildman–Crippen LogP) is 3.12. The third kappa shape index (κ3) is 3.69. The third-order valence-corrected chi connectivity index (χ3v) is 5.11. The van der Waals surface area contributed by atoms with Gasteiger partial charge in [0.15, 0.2) is 5.13 Å². The van der Waals surface area contributed by atoms with Gasteiger partial charge in [0.1, 0.15) is 16.7 Å². The second kappa shape index (κ2) is 7.20. The van der Waals surface area contributed by atoms with Crippen molar-refractivity contribution in [2.24, 2.45) is 0 Å². The topological polar surface area (TPSA) is 62.3 Å². The number of benzene rings is 1. The van der Waals surface area contributed by atoms with Crippen LogP contribution in [-0.4, -0.2) is 32.6 Å². The van der Waals surface area contributed by atoms with Crippen molar-refractivity contribution in [1.82, 2.24) is 9.88 Å². The molecule has 1 fully saturated rings. The quantitative estimate of drug-likeness (QED) is 0.653. The highest BCUT2D eigenvalue weighted by Crippen LogP contribution is 2.32. The van der Waals surface area contributed by atoms with Crippen molar-refractivity contribution in [1.29, 1.82) is 0 Å². The van der Waals surface area contributed by atoms with E-state index in [1.807, 2.05) is 0 Å². The van der Waals surface area contributed by atoms with Crippen LogP contribution in [0.25, 0.3) is 6.08 Å². The van der Waals surface area contributed by atoms with E-state index in [9.17, 15) is 14.0 Å². The average molecular weight is 379 g/mol. The lowest BCUT2D eigenvalue weighted by atomic mass is 10.2. The summed E-state index contributed by atoms with van der Waals surface area (Å²) in [5, 5.41) is 4.77. The fourth-order valence-electron chi connectivity index (χ4n) is 1.96. The summed E-state index contributed by atoms with van der Waals surface area (Å²) in [6.07, 6.45) is 3.00. The van der Waals surface area contributed by atoms with Crippen LogP contribution in [0.1, 0.15) is 5.56 Å².